The Hall–Kier alpha value is -0.130. The van der Waals surface area contributed by atoms with Crippen molar-refractivity contribution in [1.82, 2.24) is 0 Å². The molecule has 0 aliphatic rings. The van der Waals surface area contributed by atoms with E-state index in [1.54, 1.807) is 0 Å². The third-order valence-electron chi connectivity index (χ3n) is 4.59. The number of hydrogen-bond acceptors (Lipinski definition) is 3. The third-order valence-corrected chi connectivity index (χ3v) is 5.90. The van der Waals surface area contributed by atoms with E-state index in [0.29, 0.717) is 32.1 Å². The first kappa shape index (κ1) is 22.9. The van der Waals surface area contributed by atoms with Gasteiger partial charge in [-0.3, -0.25) is 4.55 Å². The van der Waals surface area contributed by atoms with Crippen molar-refractivity contribution in [2.24, 2.45) is 0 Å². The van der Waals surface area contributed by atoms with Crippen LogP contribution in [-0.2, 0) is 10.1 Å². The molecular weight excluding hydrogens is 312 g/mol. The Balaban J connectivity index is 3.78. The zero-order valence-corrected chi connectivity index (χ0v) is 16.0. The van der Waals surface area contributed by atoms with Crippen LogP contribution in [0.3, 0.4) is 0 Å². The molecule has 0 aliphatic carbocycles. The van der Waals surface area contributed by atoms with Crippen LogP contribution in [0.5, 0.6) is 0 Å². The lowest BCUT2D eigenvalue weighted by Gasteiger charge is -2.15. The van der Waals surface area contributed by atoms with Crippen molar-refractivity contribution in [2.75, 3.05) is 0 Å². The fraction of sp³-hybridized carbons (Fsp3) is 1.00. The first-order chi connectivity index (χ1) is 10.9. The van der Waals surface area contributed by atoms with Gasteiger partial charge >= 0.3 is 0 Å². The normalized spacial score (nSPS) is 14.8. The summed E-state index contributed by atoms with van der Waals surface area (Å²) in [5.41, 5.74) is 0. The van der Waals surface area contributed by atoms with E-state index in [-0.39, 0.29) is 6.10 Å². The summed E-state index contributed by atoms with van der Waals surface area (Å²) in [6.07, 6.45) is 13.4. The predicted octanol–water partition coefficient (Wildman–Crippen LogP) is 5.10. The van der Waals surface area contributed by atoms with Crippen LogP contribution >= 0.6 is 0 Å². The van der Waals surface area contributed by atoms with Gasteiger partial charge in [0, 0.05) is 0 Å². The van der Waals surface area contributed by atoms with Crippen LogP contribution in [0.4, 0.5) is 0 Å². The second-order valence-corrected chi connectivity index (χ2v) is 8.44. The molecule has 0 saturated carbocycles. The van der Waals surface area contributed by atoms with Gasteiger partial charge in [-0.25, -0.2) is 0 Å². The van der Waals surface area contributed by atoms with E-state index in [9.17, 15) is 18.1 Å². The van der Waals surface area contributed by atoms with E-state index in [2.05, 4.69) is 6.92 Å². The van der Waals surface area contributed by atoms with Gasteiger partial charge in [-0.05, 0) is 32.1 Å². The first-order valence-corrected chi connectivity index (χ1v) is 11.1. The van der Waals surface area contributed by atoms with Crippen LogP contribution in [0.1, 0.15) is 104 Å². The fourth-order valence-electron chi connectivity index (χ4n) is 2.91. The van der Waals surface area contributed by atoms with Crippen LogP contribution in [0.15, 0.2) is 0 Å². The van der Waals surface area contributed by atoms with Gasteiger partial charge in [-0.1, -0.05) is 71.6 Å². The summed E-state index contributed by atoms with van der Waals surface area (Å²) in [5.74, 6) is 0. The Labute approximate surface area is 143 Å². The molecule has 23 heavy (non-hydrogen) atoms. The molecule has 0 radical (unpaired) electrons. The summed E-state index contributed by atoms with van der Waals surface area (Å²) in [4.78, 5) is 0. The summed E-state index contributed by atoms with van der Waals surface area (Å²) in [7, 11) is -3.96. The van der Waals surface area contributed by atoms with Crippen molar-refractivity contribution in [3.05, 3.63) is 0 Å². The van der Waals surface area contributed by atoms with E-state index in [1.807, 2.05) is 6.92 Å². The highest BCUT2D eigenvalue weighted by molar-refractivity contribution is 7.86. The maximum atomic E-state index is 11.4. The topological polar surface area (TPSA) is 74.6 Å². The van der Waals surface area contributed by atoms with Crippen molar-refractivity contribution < 1.29 is 18.1 Å². The number of unbranched alkanes of at least 4 members (excludes halogenated alkanes) is 8. The van der Waals surface area contributed by atoms with E-state index >= 15 is 0 Å². The number of rotatable bonds is 16. The summed E-state index contributed by atoms with van der Waals surface area (Å²) < 4.78 is 32.2. The van der Waals surface area contributed by atoms with E-state index in [4.69, 9.17) is 0 Å². The minimum atomic E-state index is -3.96. The summed E-state index contributed by atoms with van der Waals surface area (Å²) >= 11 is 0. The zero-order valence-electron chi connectivity index (χ0n) is 15.2. The SMILES string of the molecule is CCCCCCCCCCCC(CCCC(O)CC)S(=O)(=O)O. The lowest BCUT2D eigenvalue weighted by atomic mass is 10.0. The summed E-state index contributed by atoms with van der Waals surface area (Å²) in [6.45, 7) is 4.13. The highest BCUT2D eigenvalue weighted by Gasteiger charge is 2.22. The lowest BCUT2D eigenvalue weighted by Crippen LogP contribution is -2.21. The van der Waals surface area contributed by atoms with Gasteiger partial charge in [0.25, 0.3) is 10.1 Å². The van der Waals surface area contributed by atoms with Crippen LogP contribution in [0.25, 0.3) is 0 Å². The monoisotopic (exact) mass is 350 g/mol. The number of aliphatic hydroxyl groups is 1. The van der Waals surface area contributed by atoms with Gasteiger partial charge in [-0.2, -0.15) is 8.42 Å². The Bertz CT molecular complexity index is 354. The van der Waals surface area contributed by atoms with E-state index < -0.39 is 15.4 Å². The second-order valence-electron chi connectivity index (χ2n) is 6.75. The Kier molecular flexibility index (Phi) is 14.2. The smallest absolute Gasteiger partial charge is 0.267 e. The van der Waals surface area contributed by atoms with Crippen LogP contribution in [0, 0.1) is 0 Å². The average molecular weight is 351 g/mol. The van der Waals surface area contributed by atoms with Gasteiger partial charge in [0.2, 0.25) is 0 Å². The average Bonchev–Trinajstić information content (AvgIpc) is 2.50. The van der Waals surface area contributed by atoms with E-state index in [1.165, 1.54) is 38.5 Å². The molecule has 0 aromatic rings. The maximum absolute atomic E-state index is 11.4. The van der Waals surface area contributed by atoms with Crippen molar-refractivity contribution in [2.45, 2.75) is 115 Å². The van der Waals surface area contributed by atoms with Gasteiger partial charge in [0.1, 0.15) is 0 Å². The molecule has 0 aromatic carbocycles. The maximum Gasteiger partial charge on any atom is 0.267 e. The second kappa shape index (κ2) is 14.2. The fourth-order valence-corrected chi connectivity index (χ4v) is 3.84. The molecule has 5 heteroatoms. The standard InChI is InChI=1S/C18H38O4S/c1-3-5-6-7-8-9-10-11-12-15-18(23(20,21)22)16-13-14-17(19)4-2/h17-19H,3-16H2,1-2H3,(H,20,21,22). The summed E-state index contributed by atoms with van der Waals surface area (Å²) in [5, 5.41) is 8.86. The highest BCUT2D eigenvalue weighted by atomic mass is 32.2. The zero-order chi connectivity index (χ0) is 17.6. The molecule has 0 saturated heterocycles. The van der Waals surface area contributed by atoms with E-state index in [0.717, 1.165) is 19.3 Å². The summed E-state index contributed by atoms with van der Waals surface area (Å²) in [6, 6.07) is 0. The number of hydrogen-bond donors (Lipinski definition) is 2. The van der Waals surface area contributed by atoms with Crippen LogP contribution in [0.2, 0.25) is 0 Å². The van der Waals surface area contributed by atoms with Gasteiger partial charge in [0.15, 0.2) is 0 Å². The Morgan fingerprint density at radius 1 is 0.739 bits per heavy atom. The Morgan fingerprint density at radius 3 is 1.70 bits per heavy atom. The minimum Gasteiger partial charge on any atom is -0.393 e. The largest absolute Gasteiger partial charge is 0.393 e. The van der Waals surface area contributed by atoms with Crippen molar-refractivity contribution in [3.8, 4) is 0 Å². The van der Waals surface area contributed by atoms with Gasteiger partial charge in [0.05, 0.1) is 11.4 Å². The molecule has 0 aliphatic heterocycles. The third kappa shape index (κ3) is 14.0. The van der Waals surface area contributed by atoms with Crippen LogP contribution < -0.4 is 0 Å². The molecule has 2 N–H and O–H groups in total. The molecule has 0 heterocycles. The van der Waals surface area contributed by atoms with Crippen molar-refractivity contribution in [1.29, 1.82) is 0 Å². The van der Waals surface area contributed by atoms with Gasteiger partial charge in [-0.15, -0.1) is 0 Å². The molecule has 140 valence electrons. The molecule has 0 rings (SSSR count). The molecule has 2 atom stereocenters. The molecule has 0 spiro atoms. The van der Waals surface area contributed by atoms with Gasteiger partial charge < -0.3 is 5.11 Å². The first-order valence-electron chi connectivity index (χ1n) is 9.56. The molecule has 2 unspecified atom stereocenters. The molecule has 0 bridgehead atoms. The minimum absolute atomic E-state index is 0.357. The molecule has 0 amide bonds. The highest BCUT2D eigenvalue weighted by Crippen LogP contribution is 2.19. The lowest BCUT2D eigenvalue weighted by molar-refractivity contribution is 0.156. The van der Waals surface area contributed by atoms with Crippen LogP contribution in [-0.4, -0.2) is 29.4 Å². The van der Waals surface area contributed by atoms with Crippen molar-refractivity contribution >= 4 is 10.1 Å². The molecular formula is C18H38O4S. The molecule has 0 fully saturated rings. The Morgan fingerprint density at radius 2 is 1.22 bits per heavy atom. The molecule has 0 aromatic heterocycles. The quantitative estimate of drug-likeness (QED) is 0.300. The molecule has 4 nitrogen and oxygen atoms in total. The number of aliphatic hydroxyl groups excluding tert-OH is 1. The van der Waals surface area contributed by atoms with Crippen molar-refractivity contribution in [3.63, 3.8) is 0 Å². The predicted molar refractivity (Wildman–Crippen MR) is 97.3 cm³/mol.